The normalized spacial score (nSPS) is 13.0. The highest BCUT2D eigenvalue weighted by Crippen LogP contribution is 2.15. The Morgan fingerprint density at radius 2 is 2.00 bits per heavy atom. The second-order valence-electron chi connectivity index (χ2n) is 4.83. The number of sulfonamides is 1. The van der Waals surface area contributed by atoms with Crippen molar-refractivity contribution in [1.29, 1.82) is 0 Å². The van der Waals surface area contributed by atoms with Crippen LogP contribution in [0.1, 0.15) is 13.8 Å². The van der Waals surface area contributed by atoms with Gasteiger partial charge in [-0.05, 0) is 31.2 Å². The molecule has 0 amide bonds. The molecule has 114 valence electrons. The molecule has 1 unspecified atom stereocenters. The molecule has 0 spiro atoms. The van der Waals surface area contributed by atoms with Gasteiger partial charge in [0, 0.05) is 37.2 Å². The van der Waals surface area contributed by atoms with Crippen LogP contribution in [0.25, 0.3) is 0 Å². The fraction of sp³-hybridized carbons (Fsp3) is 0.357. The molecule has 0 aliphatic heterocycles. The van der Waals surface area contributed by atoms with Gasteiger partial charge in [-0.1, -0.05) is 6.92 Å². The van der Waals surface area contributed by atoms with Gasteiger partial charge in [-0.15, -0.1) is 0 Å². The van der Waals surface area contributed by atoms with E-state index in [0.29, 0.717) is 6.54 Å². The Hall–Kier alpha value is -1.86. The maximum absolute atomic E-state index is 11.8. The first-order valence-corrected chi connectivity index (χ1v) is 8.31. The number of rotatable bonds is 7. The minimum atomic E-state index is -3.39. The van der Waals surface area contributed by atoms with Gasteiger partial charge in [0.05, 0.1) is 11.2 Å². The molecular weight excluding hydrogens is 288 g/mol. The molecule has 2 aromatic rings. The van der Waals surface area contributed by atoms with Gasteiger partial charge < -0.3 is 9.88 Å². The Morgan fingerprint density at radius 3 is 2.57 bits per heavy atom. The highest BCUT2D eigenvalue weighted by atomic mass is 32.2. The van der Waals surface area contributed by atoms with Crippen molar-refractivity contribution < 1.29 is 8.42 Å². The topological polar surface area (TPSA) is 76.0 Å². The van der Waals surface area contributed by atoms with Crippen LogP contribution < -0.4 is 10.0 Å². The molecule has 0 aliphatic rings. The zero-order chi connectivity index (χ0) is 15.3. The Labute approximate surface area is 125 Å². The minimum Gasteiger partial charge on any atom is -0.381 e. The summed E-state index contributed by atoms with van der Waals surface area (Å²) in [4.78, 5) is 4.28. The first-order chi connectivity index (χ1) is 10.0. The predicted octanol–water partition coefficient (Wildman–Crippen LogP) is 1.68. The standard InChI is InChI=1S/C14H20N4O2S/c1-3-16-21(19,20)14-6-4-13(5-7-14)17-12(2)10-18-9-8-15-11-18/h4-9,11-12,16-17H,3,10H2,1-2H3. The number of nitrogens with zero attached hydrogens (tertiary/aromatic N) is 2. The molecule has 0 aliphatic carbocycles. The fourth-order valence-corrected chi connectivity index (χ4v) is 3.09. The van der Waals surface area contributed by atoms with Gasteiger partial charge >= 0.3 is 0 Å². The van der Waals surface area contributed by atoms with Crippen molar-refractivity contribution in [2.24, 2.45) is 0 Å². The van der Waals surface area contributed by atoms with E-state index in [-0.39, 0.29) is 10.9 Å². The first kappa shape index (κ1) is 15.5. The van der Waals surface area contributed by atoms with E-state index in [9.17, 15) is 8.42 Å². The molecule has 6 nitrogen and oxygen atoms in total. The third kappa shape index (κ3) is 4.30. The molecule has 0 saturated heterocycles. The second kappa shape index (κ2) is 6.73. The van der Waals surface area contributed by atoms with Gasteiger partial charge in [0.15, 0.2) is 0 Å². The Kier molecular flexibility index (Phi) is 4.98. The Morgan fingerprint density at radius 1 is 1.29 bits per heavy atom. The zero-order valence-electron chi connectivity index (χ0n) is 12.2. The van der Waals surface area contributed by atoms with E-state index >= 15 is 0 Å². The number of benzene rings is 1. The molecule has 1 aromatic heterocycles. The summed E-state index contributed by atoms with van der Waals surface area (Å²) in [6, 6.07) is 6.95. The van der Waals surface area contributed by atoms with Crippen LogP contribution in [-0.2, 0) is 16.6 Å². The van der Waals surface area contributed by atoms with Crippen LogP contribution >= 0.6 is 0 Å². The molecule has 0 fully saturated rings. The average molecular weight is 308 g/mol. The molecule has 1 heterocycles. The highest BCUT2D eigenvalue weighted by molar-refractivity contribution is 7.89. The van der Waals surface area contributed by atoms with Crippen LogP contribution in [-0.4, -0.2) is 30.6 Å². The maximum atomic E-state index is 11.8. The van der Waals surface area contributed by atoms with Crippen molar-refractivity contribution in [3.63, 3.8) is 0 Å². The second-order valence-corrected chi connectivity index (χ2v) is 6.60. The van der Waals surface area contributed by atoms with Crippen LogP contribution in [0.5, 0.6) is 0 Å². The van der Waals surface area contributed by atoms with Gasteiger partial charge in [-0.3, -0.25) is 0 Å². The van der Waals surface area contributed by atoms with E-state index in [2.05, 4.69) is 21.9 Å². The smallest absolute Gasteiger partial charge is 0.240 e. The van der Waals surface area contributed by atoms with E-state index in [0.717, 1.165) is 12.2 Å². The molecule has 0 saturated carbocycles. The molecule has 0 bridgehead atoms. The van der Waals surface area contributed by atoms with E-state index in [1.165, 1.54) is 0 Å². The first-order valence-electron chi connectivity index (χ1n) is 6.83. The lowest BCUT2D eigenvalue weighted by Gasteiger charge is -2.16. The van der Waals surface area contributed by atoms with Crippen LogP contribution in [0.3, 0.4) is 0 Å². The largest absolute Gasteiger partial charge is 0.381 e. The summed E-state index contributed by atoms with van der Waals surface area (Å²) in [7, 11) is -3.39. The summed E-state index contributed by atoms with van der Waals surface area (Å²) < 4.78 is 28.1. The molecule has 0 radical (unpaired) electrons. The SMILES string of the molecule is CCNS(=O)(=O)c1ccc(NC(C)Cn2ccnc2)cc1. The maximum Gasteiger partial charge on any atom is 0.240 e. The van der Waals surface area contributed by atoms with Crippen molar-refractivity contribution in [3.05, 3.63) is 43.0 Å². The molecule has 7 heteroatoms. The summed E-state index contributed by atoms with van der Waals surface area (Å²) in [6.07, 6.45) is 5.42. The quantitative estimate of drug-likeness (QED) is 0.816. The monoisotopic (exact) mass is 308 g/mol. The van der Waals surface area contributed by atoms with Gasteiger partial charge in [0.2, 0.25) is 10.0 Å². The van der Waals surface area contributed by atoms with E-state index in [4.69, 9.17) is 0 Å². The predicted molar refractivity (Wildman–Crippen MR) is 82.6 cm³/mol. The fourth-order valence-electron chi connectivity index (χ4n) is 2.04. The van der Waals surface area contributed by atoms with Crippen molar-refractivity contribution >= 4 is 15.7 Å². The molecule has 21 heavy (non-hydrogen) atoms. The number of hydrogen-bond donors (Lipinski definition) is 2. The van der Waals surface area contributed by atoms with Gasteiger partial charge in [0.1, 0.15) is 0 Å². The third-order valence-electron chi connectivity index (χ3n) is 2.96. The molecule has 1 aromatic carbocycles. The third-order valence-corrected chi connectivity index (χ3v) is 4.52. The number of imidazole rings is 1. The van der Waals surface area contributed by atoms with Crippen LogP contribution in [0.4, 0.5) is 5.69 Å². The van der Waals surface area contributed by atoms with Crippen LogP contribution in [0.2, 0.25) is 0 Å². The van der Waals surface area contributed by atoms with Crippen molar-refractivity contribution in [1.82, 2.24) is 14.3 Å². The van der Waals surface area contributed by atoms with Crippen LogP contribution in [0.15, 0.2) is 47.9 Å². The van der Waals surface area contributed by atoms with Crippen molar-refractivity contribution in [2.75, 3.05) is 11.9 Å². The van der Waals surface area contributed by atoms with E-state index < -0.39 is 10.0 Å². The van der Waals surface area contributed by atoms with Crippen molar-refractivity contribution in [2.45, 2.75) is 31.3 Å². The van der Waals surface area contributed by atoms with Crippen LogP contribution in [0, 0.1) is 0 Å². The van der Waals surface area contributed by atoms with Gasteiger partial charge in [-0.25, -0.2) is 18.1 Å². The van der Waals surface area contributed by atoms with Gasteiger partial charge in [-0.2, -0.15) is 0 Å². The van der Waals surface area contributed by atoms with E-state index in [1.807, 2.05) is 10.8 Å². The summed E-state index contributed by atoms with van der Waals surface area (Å²) in [5, 5.41) is 3.33. The van der Waals surface area contributed by atoms with E-state index in [1.54, 1.807) is 43.7 Å². The summed E-state index contributed by atoms with van der Waals surface area (Å²) >= 11 is 0. The summed E-state index contributed by atoms with van der Waals surface area (Å²) in [5.41, 5.74) is 0.887. The Balaban J connectivity index is 1.99. The number of anilines is 1. The van der Waals surface area contributed by atoms with Gasteiger partial charge in [0.25, 0.3) is 0 Å². The highest BCUT2D eigenvalue weighted by Gasteiger charge is 2.12. The Bertz CT molecular complexity index is 651. The number of nitrogens with one attached hydrogen (secondary N) is 2. The molecular formula is C14H20N4O2S. The van der Waals surface area contributed by atoms with Crippen molar-refractivity contribution in [3.8, 4) is 0 Å². The lowest BCUT2D eigenvalue weighted by molar-refractivity contribution is 0.584. The lowest BCUT2D eigenvalue weighted by atomic mass is 10.2. The summed E-state index contributed by atoms with van der Waals surface area (Å²) in [5.74, 6) is 0. The number of aromatic nitrogens is 2. The zero-order valence-corrected chi connectivity index (χ0v) is 13.0. The summed E-state index contributed by atoms with van der Waals surface area (Å²) in [6.45, 7) is 4.98. The lowest BCUT2D eigenvalue weighted by Crippen LogP contribution is -2.23. The number of hydrogen-bond acceptors (Lipinski definition) is 4. The molecule has 2 N–H and O–H groups in total. The average Bonchev–Trinajstić information content (AvgIpc) is 2.92. The minimum absolute atomic E-state index is 0.204. The molecule has 1 atom stereocenters. The molecule has 2 rings (SSSR count).